The number of nitrogens with one attached hydrogen (secondary N) is 3. The fourth-order valence-electron chi connectivity index (χ4n) is 10.5. The number of allylic oxidation sites excluding steroid dienone is 12. The molecule has 0 saturated heterocycles. The molecule has 0 aromatic heterocycles. The predicted molar refractivity (Wildman–Crippen MR) is 260 cm³/mol. The molecule has 3 N–H and O–H groups in total. The van der Waals surface area contributed by atoms with Crippen LogP contribution < -0.4 is 16.0 Å². The normalized spacial score (nSPS) is 22.7. The van der Waals surface area contributed by atoms with Crippen molar-refractivity contribution in [2.45, 2.75) is 63.1 Å². The molecule has 4 unspecified atom stereocenters. The first-order valence-corrected chi connectivity index (χ1v) is 22.7. The number of dihydropyridines is 1. The molecule has 6 aliphatic rings. The highest BCUT2D eigenvalue weighted by molar-refractivity contribution is 5.90. The van der Waals surface area contributed by atoms with Crippen molar-refractivity contribution in [3.63, 3.8) is 0 Å². The van der Waals surface area contributed by atoms with Gasteiger partial charge < -0.3 is 16.0 Å². The van der Waals surface area contributed by atoms with Crippen LogP contribution in [0.2, 0.25) is 0 Å². The first kappa shape index (κ1) is 38.1. The second-order valence-corrected chi connectivity index (χ2v) is 17.4. The molecule has 0 spiro atoms. The van der Waals surface area contributed by atoms with Crippen LogP contribution in [-0.4, -0.2) is 0 Å². The van der Waals surface area contributed by atoms with Crippen LogP contribution in [0.15, 0.2) is 216 Å². The summed E-state index contributed by atoms with van der Waals surface area (Å²) in [4.78, 5) is 0. The highest BCUT2D eigenvalue weighted by Crippen LogP contribution is 2.50. The second kappa shape index (κ2) is 16.9. The lowest BCUT2D eigenvalue weighted by atomic mass is 9.71. The van der Waals surface area contributed by atoms with Crippen LogP contribution in [0.25, 0.3) is 17.2 Å². The molecule has 5 aromatic rings. The van der Waals surface area contributed by atoms with Gasteiger partial charge in [0.15, 0.2) is 0 Å². The molecule has 3 heterocycles. The summed E-state index contributed by atoms with van der Waals surface area (Å²) in [6.07, 6.45) is 33.3. The molecular formula is C59H53N3. The first-order chi connectivity index (χ1) is 30.7. The molecule has 0 radical (unpaired) electrons. The summed E-state index contributed by atoms with van der Waals surface area (Å²) in [7, 11) is 0. The fraction of sp³-hybridized carbons (Fsp3) is 0.186. The number of rotatable bonds is 8. The lowest BCUT2D eigenvalue weighted by Gasteiger charge is -2.39. The van der Waals surface area contributed by atoms with Gasteiger partial charge in [-0.25, -0.2) is 0 Å². The molecule has 0 bridgehead atoms. The van der Waals surface area contributed by atoms with Gasteiger partial charge in [-0.3, -0.25) is 0 Å². The van der Waals surface area contributed by atoms with Crippen LogP contribution in [0.4, 0.5) is 11.4 Å². The van der Waals surface area contributed by atoms with E-state index in [0.717, 1.165) is 44.9 Å². The van der Waals surface area contributed by atoms with Crippen molar-refractivity contribution in [3.05, 3.63) is 255 Å². The fourth-order valence-corrected chi connectivity index (χ4v) is 10.5. The molecule has 3 nitrogen and oxygen atoms in total. The van der Waals surface area contributed by atoms with Gasteiger partial charge in [0.1, 0.15) is 0 Å². The van der Waals surface area contributed by atoms with Crippen LogP contribution >= 0.6 is 0 Å². The van der Waals surface area contributed by atoms with Crippen molar-refractivity contribution in [2.24, 2.45) is 5.92 Å². The van der Waals surface area contributed by atoms with E-state index in [-0.39, 0.29) is 24.0 Å². The van der Waals surface area contributed by atoms with Crippen LogP contribution in [0.3, 0.4) is 0 Å². The zero-order valence-corrected chi connectivity index (χ0v) is 35.2. The summed E-state index contributed by atoms with van der Waals surface area (Å²) in [5.74, 6) is 0.177. The molecule has 0 saturated carbocycles. The number of hydrogen-bond donors (Lipinski definition) is 3. The van der Waals surface area contributed by atoms with Gasteiger partial charge >= 0.3 is 0 Å². The summed E-state index contributed by atoms with van der Waals surface area (Å²) >= 11 is 0. The van der Waals surface area contributed by atoms with E-state index in [0.29, 0.717) is 0 Å². The second-order valence-electron chi connectivity index (χ2n) is 17.4. The first-order valence-electron chi connectivity index (χ1n) is 22.7. The SMILES string of the molecule is C1=CC(C2=C(C3=CCCC=C3)C(c3ccccc3)NC(C3=CCCC=C3)=C2c2ccccc2)CC(c2ccc(C3CCc4ccc5c(c4N3)NC(c3ccccc3)C=C5)cc2)=C1. The molecule has 3 aliphatic heterocycles. The van der Waals surface area contributed by atoms with Gasteiger partial charge in [0.25, 0.3) is 0 Å². The summed E-state index contributed by atoms with van der Waals surface area (Å²) in [5, 5.41) is 12.1. The van der Waals surface area contributed by atoms with E-state index in [4.69, 9.17) is 0 Å². The Morgan fingerprint density at radius 1 is 0.516 bits per heavy atom. The largest absolute Gasteiger partial charge is 0.376 e. The average Bonchev–Trinajstić information content (AvgIpc) is 3.36. The topological polar surface area (TPSA) is 36.1 Å². The van der Waals surface area contributed by atoms with E-state index in [9.17, 15) is 0 Å². The van der Waals surface area contributed by atoms with Crippen molar-refractivity contribution in [1.29, 1.82) is 0 Å². The molecule has 0 fully saturated rings. The zero-order chi connectivity index (χ0) is 41.2. The van der Waals surface area contributed by atoms with Gasteiger partial charge in [-0.1, -0.05) is 194 Å². The Labute approximate surface area is 367 Å². The lowest BCUT2D eigenvalue weighted by molar-refractivity contribution is 0.652. The molecule has 11 rings (SSSR count). The summed E-state index contributed by atoms with van der Waals surface area (Å²) in [6.45, 7) is 0. The lowest BCUT2D eigenvalue weighted by Crippen LogP contribution is -2.32. The maximum Gasteiger partial charge on any atom is 0.0776 e. The van der Waals surface area contributed by atoms with E-state index < -0.39 is 0 Å². The van der Waals surface area contributed by atoms with Gasteiger partial charge in [-0.05, 0) is 112 Å². The maximum atomic E-state index is 4.19. The maximum absolute atomic E-state index is 4.19. The highest BCUT2D eigenvalue weighted by atomic mass is 15.0. The van der Waals surface area contributed by atoms with Crippen LogP contribution in [-0.2, 0) is 6.42 Å². The molecular weight excluding hydrogens is 751 g/mol. The van der Waals surface area contributed by atoms with Crippen LogP contribution in [0.1, 0.15) is 95.6 Å². The van der Waals surface area contributed by atoms with Crippen LogP contribution in [0.5, 0.6) is 0 Å². The van der Waals surface area contributed by atoms with E-state index in [2.05, 4.69) is 210 Å². The molecule has 5 aromatic carbocycles. The van der Waals surface area contributed by atoms with E-state index in [1.807, 2.05) is 0 Å². The predicted octanol–water partition coefficient (Wildman–Crippen LogP) is 14.5. The Kier molecular flexibility index (Phi) is 10.4. The summed E-state index contributed by atoms with van der Waals surface area (Å²) in [5.41, 5.74) is 20.9. The third kappa shape index (κ3) is 7.36. The number of benzene rings is 5. The van der Waals surface area contributed by atoms with E-state index in [1.54, 1.807) is 0 Å². The minimum atomic E-state index is 0.00936. The quantitative estimate of drug-likeness (QED) is 0.146. The Bertz CT molecular complexity index is 2770. The van der Waals surface area contributed by atoms with Gasteiger partial charge in [0.2, 0.25) is 0 Å². The molecule has 62 heavy (non-hydrogen) atoms. The molecule has 0 amide bonds. The Hall–Kier alpha value is -6.84. The van der Waals surface area contributed by atoms with Crippen molar-refractivity contribution < 1.29 is 0 Å². The summed E-state index contributed by atoms with van der Waals surface area (Å²) < 4.78 is 0. The van der Waals surface area contributed by atoms with Gasteiger partial charge in [-0.15, -0.1) is 0 Å². The van der Waals surface area contributed by atoms with Gasteiger partial charge in [-0.2, -0.15) is 0 Å². The van der Waals surface area contributed by atoms with Gasteiger partial charge in [0, 0.05) is 11.5 Å². The number of anilines is 2. The van der Waals surface area contributed by atoms with Crippen molar-refractivity contribution in [2.75, 3.05) is 10.6 Å². The molecule has 304 valence electrons. The molecule has 3 aliphatic carbocycles. The Balaban J connectivity index is 0.938. The van der Waals surface area contributed by atoms with Crippen molar-refractivity contribution in [1.82, 2.24) is 5.32 Å². The summed E-state index contributed by atoms with van der Waals surface area (Å²) in [6, 6.07) is 47.4. The minimum absolute atomic E-state index is 0.00936. The monoisotopic (exact) mass is 803 g/mol. The Morgan fingerprint density at radius 2 is 1.23 bits per heavy atom. The third-order valence-corrected chi connectivity index (χ3v) is 13.6. The highest BCUT2D eigenvalue weighted by Gasteiger charge is 2.36. The average molecular weight is 804 g/mol. The van der Waals surface area contributed by atoms with E-state index in [1.165, 1.54) is 89.5 Å². The standard InChI is InChI=1S/C59H53N3/c1-6-17-41(18-7-1)51-37-35-47-33-34-48-36-38-52(61-59(48)58(47)60-51)42-31-29-40(30-32-42)49-27-16-28-50(39-49)53-54(43-19-8-2-9-20-43)56(45-23-12-4-13-24-45)62-57(46-25-14-5-15-26-46)55(53)44-21-10-3-11-22-44/h1-2,5-10,12,14-35,37,50-52,57,60-62H,3-4,11,13,36,38-39H2. The zero-order valence-electron chi connectivity index (χ0n) is 35.2. The van der Waals surface area contributed by atoms with Gasteiger partial charge in [0.05, 0.1) is 35.2 Å². The van der Waals surface area contributed by atoms with Crippen molar-refractivity contribution in [3.8, 4) is 0 Å². The molecule has 3 heteroatoms. The molecule has 4 atom stereocenters. The smallest absolute Gasteiger partial charge is 0.0776 e. The number of hydrogen-bond acceptors (Lipinski definition) is 3. The van der Waals surface area contributed by atoms with E-state index >= 15 is 0 Å². The van der Waals surface area contributed by atoms with Crippen molar-refractivity contribution >= 4 is 28.6 Å². The number of aryl methyl sites for hydroxylation is 1. The Morgan fingerprint density at radius 3 is 1.95 bits per heavy atom. The van der Waals surface area contributed by atoms with Crippen LogP contribution in [0, 0.1) is 5.92 Å². The number of fused-ring (bicyclic) bond motifs is 3. The minimum Gasteiger partial charge on any atom is -0.376 e. The third-order valence-electron chi connectivity index (χ3n) is 13.6.